The highest BCUT2D eigenvalue weighted by Crippen LogP contribution is 2.23. The third-order valence-electron chi connectivity index (χ3n) is 3.23. The molecule has 0 radical (unpaired) electrons. The van der Waals surface area contributed by atoms with E-state index in [1.54, 1.807) is 12.1 Å². The first-order chi connectivity index (χ1) is 8.70. The maximum atomic E-state index is 12.2. The van der Waals surface area contributed by atoms with E-state index < -0.39 is 0 Å². The molecule has 0 spiro atoms. The van der Waals surface area contributed by atoms with E-state index in [4.69, 9.17) is 11.6 Å². The quantitative estimate of drug-likeness (QED) is 0.857. The smallest absolute Gasteiger partial charge is 0.253 e. The van der Waals surface area contributed by atoms with Gasteiger partial charge in [-0.2, -0.15) is 0 Å². The van der Waals surface area contributed by atoms with Crippen molar-refractivity contribution in [3.05, 3.63) is 28.8 Å². The van der Waals surface area contributed by atoms with Crippen LogP contribution in [0.2, 0.25) is 5.02 Å². The Hall–Kier alpha value is -1.22. The Bertz CT molecular complexity index is 430. The van der Waals surface area contributed by atoms with E-state index in [9.17, 15) is 4.79 Å². The van der Waals surface area contributed by atoms with E-state index in [0.29, 0.717) is 16.6 Å². The number of amides is 1. The SMILES string of the molecule is CCCNc1ccc(Cl)cc1C(=O)NC1CCC1. The van der Waals surface area contributed by atoms with Crippen LogP contribution in [0.1, 0.15) is 43.0 Å². The topological polar surface area (TPSA) is 41.1 Å². The molecule has 1 aromatic rings. The number of carbonyl (C=O) groups is 1. The Morgan fingerprint density at radius 2 is 2.22 bits per heavy atom. The highest BCUT2D eigenvalue weighted by atomic mass is 35.5. The monoisotopic (exact) mass is 266 g/mol. The summed E-state index contributed by atoms with van der Waals surface area (Å²) in [6.45, 7) is 2.95. The molecule has 0 atom stereocenters. The molecule has 2 N–H and O–H groups in total. The van der Waals surface area contributed by atoms with Gasteiger partial charge in [0.25, 0.3) is 5.91 Å². The van der Waals surface area contributed by atoms with Crippen LogP contribution in [0.4, 0.5) is 5.69 Å². The van der Waals surface area contributed by atoms with Crippen molar-refractivity contribution >= 4 is 23.2 Å². The summed E-state index contributed by atoms with van der Waals surface area (Å²) in [6, 6.07) is 5.75. The molecule has 1 aromatic carbocycles. The average molecular weight is 267 g/mol. The summed E-state index contributed by atoms with van der Waals surface area (Å²) in [5, 5.41) is 6.89. The maximum absolute atomic E-state index is 12.2. The lowest BCUT2D eigenvalue weighted by Gasteiger charge is -2.26. The van der Waals surface area contributed by atoms with Gasteiger partial charge < -0.3 is 10.6 Å². The van der Waals surface area contributed by atoms with Crippen LogP contribution < -0.4 is 10.6 Å². The minimum absolute atomic E-state index is 0.0270. The molecule has 0 aromatic heterocycles. The number of halogens is 1. The van der Waals surface area contributed by atoms with Crippen molar-refractivity contribution in [2.45, 2.75) is 38.6 Å². The second kappa shape index (κ2) is 6.10. The van der Waals surface area contributed by atoms with Gasteiger partial charge in [-0.15, -0.1) is 0 Å². The van der Waals surface area contributed by atoms with E-state index in [0.717, 1.165) is 31.5 Å². The predicted octanol–water partition coefficient (Wildman–Crippen LogP) is 3.44. The van der Waals surface area contributed by atoms with Gasteiger partial charge in [0.05, 0.1) is 5.56 Å². The number of rotatable bonds is 5. The van der Waals surface area contributed by atoms with Crippen LogP contribution in [-0.4, -0.2) is 18.5 Å². The van der Waals surface area contributed by atoms with E-state index >= 15 is 0 Å². The Morgan fingerprint density at radius 3 is 2.83 bits per heavy atom. The number of hydrogen-bond donors (Lipinski definition) is 2. The Morgan fingerprint density at radius 1 is 1.44 bits per heavy atom. The summed E-state index contributed by atoms with van der Waals surface area (Å²) in [5.74, 6) is -0.0270. The number of anilines is 1. The fraction of sp³-hybridized carbons (Fsp3) is 0.500. The van der Waals surface area contributed by atoms with E-state index in [1.165, 1.54) is 6.42 Å². The fourth-order valence-electron chi connectivity index (χ4n) is 1.93. The highest BCUT2D eigenvalue weighted by molar-refractivity contribution is 6.31. The van der Waals surface area contributed by atoms with E-state index in [1.807, 2.05) is 6.07 Å². The number of nitrogens with one attached hydrogen (secondary N) is 2. The lowest BCUT2D eigenvalue weighted by atomic mass is 9.93. The van der Waals surface area contributed by atoms with Crippen molar-refractivity contribution in [2.75, 3.05) is 11.9 Å². The van der Waals surface area contributed by atoms with E-state index in [2.05, 4.69) is 17.6 Å². The molecule has 1 saturated carbocycles. The van der Waals surface area contributed by atoms with Gasteiger partial charge in [-0.05, 0) is 43.9 Å². The van der Waals surface area contributed by atoms with E-state index in [-0.39, 0.29) is 5.91 Å². The van der Waals surface area contributed by atoms with Crippen LogP contribution >= 0.6 is 11.6 Å². The van der Waals surface area contributed by atoms with Crippen LogP contribution in [0.25, 0.3) is 0 Å². The molecular weight excluding hydrogens is 248 g/mol. The highest BCUT2D eigenvalue weighted by Gasteiger charge is 2.21. The lowest BCUT2D eigenvalue weighted by Crippen LogP contribution is -2.39. The standard InChI is InChI=1S/C14H19ClN2O/c1-2-8-16-13-7-6-10(15)9-12(13)14(18)17-11-4-3-5-11/h6-7,9,11,16H,2-5,8H2,1H3,(H,17,18). The predicted molar refractivity (Wildman–Crippen MR) is 75.3 cm³/mol. The molecule has 98 valence electrons. The van der Waals surface area contributed by atoms with Gasteiger partial charge in [-0.3, -0.25) is 4.79 Å². The zero-order chi connectivity index (χ0) is 13.0. The minimum Gasteiger partial charge on any atom is -0.384 e. The van der Waals surface area contributed by atoms with Crippen LogP contribution in [0.3, 0.4) is 0 Å². The molecule has 4 heteroatoms. The van der Waals surface area contributed by atoms with Gasteiger partial charge in [0.2, 0.25) is 0 Å². The number of carbonyl (C=O) groups excluding carboxylic acids is 1. The molecule has 1 fully saturated rings. The summed E-state index contributed by atoms with van der Waals surface area (Å²) in [4.78, 5) is 12.2. The van der Waals surface area contributed by atoms with Crippen molar-refractivity contribution in [1.29, 1.82) is 0 Å². The first-order valence-corrected chi connectivity index (χ1v) is 6.92. The molecule has 0 aliphatic heterocycles. The third kappa shape index (κ3) is 3.16. The molecule has 0 saturated heterocycles. The number of hydrogen-bond acceptors (Lipinski definition) is 2. The van der Waals surface area contributed by atoms with Crippen LogP contribution in [-0.2, 0) is 0 Å². The Kier molecular flexibility index (Phi) is 4.48. The molecule has 1 amide bonds. The average Bonchev–Trinajstić information content (AvgIpc) is 2.32. The van der Waals surface area contributed by atoms with Gasteiger partial charge in [-0.25, -0.2) is 0 Å². The third-order valence-corrected chi connectivity index (χ3v) is 3.47. The molecule has 1 aliphatic rings. The van der Waals surface area contributed by atoms with Crippen molar-refractivity contribution in [3.8, 4) is 0 Å². The molecule has 0 unspecified atom stereocenters. The van der Waals surface area contributed by atoms with Crippen molar-refractivity contribution in [1.82, 2.24) is 5.32 Å². The van der Waals surface area contributed by atoms with Gasteiger partial charge in [0, 0.05) is 23.3 Å². The van der Waals surface area contributed by atoms with Crippen LogP contribution in [0.5, 0.6) is 0 Å². The van der Waals surface area contributed by atoms with Crippen molar-refractivity contribution in [3.63, 3.8) is 0 Å². The maximum Gasteiger partial charge on any atom is 0.253 e. The Labute approximate surface area is 113 Å². The van der Waals surface area contributed by atoms with Gasteiger partial charge in [0.15, 0.2) is 0 Å². The van der Waals surface area contributed by atoms with Crippen LogP contribution in [0, 0.1) is 0 Å². The van der Waals surface area contributed by atoms with Crippen LogP contribution in [0.15, 0.2) is 18.2 Å². The van der Waals surface area contributed by atoms with Gasteiger partial charge in [-0.1, -0.05) is 18.5 Å². The first kappa shape index (κ1) is 13.2. The zero-order valence-electron chi connectivity index (χ0n) is 10.6. The molecule has 3 nitrogen and oxygen atoms in total. The summed E-state index contributed by atoms with van der Waals surface area (Å²) < 4.78 is 0. The summed E-state index contributed by atoms with van der Waals surface area (Å²) >= 11 is 5.97. The van der Waals surface area contributed by atoms with Crippen molar-refractivity contribution in [2.24, 2.45) is 0 Å². The lowest BCUT2D eigenvalue weighted by molar-refractivity contribution is 0.0918. The summed E-state index contributed by atoms with van der Waals surface area (Å²) in [7, 11) is 0. The second-order valence-corrected chi connectivity index (χ2v) is 5.15. The molecular formula is C14H19ClN2O. The summed E-state index contributed by atoms with van der Waals surface area (Å²) in [5.41, 5.74) is 1.50. The largest absolute Gasteiger partial charge is 0.384 e. The molecule has 1 aliphatic carbocycles. The first-order valence-electron chi connectivity index (χ1n) is 6.55. The number of benzene rings is 1. The van der Waals surface area contributed by atoms with Crippen molar-refractivity contribution < 1.29 is 4.79 Å². The Balaban J connectivity index is 2.11. The van der Waals surface area contributed by atoms with Gasteiger partial charge >= 0.3 is 0 Å². The molecule has 18 heavy (non-hydrogen) atoms. The molecule has 0 heterocycles. The molecule has 0 bridgehead atoms. The molecule has 2 rings (SSSR count). The fourth-order valence-corrected chi connectivity index (χ4v) is 2.11. The normalized spacial score (nSPS) is 15.0. The second-order valence-electron chi connectivity index (χ2n) is 4.72. The minimum atomic E-state index is -0.0270. The van der Waals surface area contributed by atoms with Gasteiger partial charge in [0.1, 0.15) is 0 Å². The summed E-state index contributed by atoms with van der Waals surface area (Å²) in [6.07, 6.45) is 4.40. The zero-order valence-corrected chi connectivity index (χ0v) is 11.4.